The predicted molar refractivity (Wildman–Crippen MR) is 125 cm³/mol. The highest BCUT2D eigenvalue weighted by Crippen LogP contribution is 2.40. The van der Waals surface area contributed by atoms with Crippen molar-refractivity contribution < 1.29 is 14.8 Å². The Bertz CT molecular complexity index is 1190. The quantitative estimate of drug-likeness (QED) is 0.254. The largest absolute Gasteiger partial charge is 0.501 e. The Hall–Kier alpha value is -3.04. The van der Waals surface area contributed by atoms with Crippen LogP contribution in [0, 0.1) is 10.1 Å². The number of thiophene rings is 1. The lowest BCUT2D eigenvalue weighted by molar-refractivity contribution is -0.386. The normalized spacial score (nSPS) is 13.2. The molecule has 9 heteroatoms. The van der Waals surface area contributed by atoms with E-state index in [1.165, 1.54) is 23.6 Å². The third-order valence-electron chi connectivity index (χ3n) is 5.00. The summed E-state index contributed by atoms with van der Waals surface area (Å²) in [6, 6.07) is 12.0. The summed E-state index contributed by atoms with van der Waals surface area (Å²) >= 11 is 4.62. The van der Waals surface area contributed by atoms with Gasteiger partial charge in [0.25, 0.3) is 5.91 Å². The zero-order chi connectivity index (χ0) is 22.0. The molecule has 158 valence electrons. The Balaban J connectivity index is 1.71. The van der Waals surface area contributed by atoms with Gasteiger partial charge in [-0.3, -0.25) is 14.9 Å². The Labute approximate surface area is 190 Å². The van der Waals surface area contributed by atoms with Crippen molar-refractivity contribution in [2.75, 3.05) is 5.32 Å². The molecule has 1 aliphatic rings. The highest BCUT2D eigenvalue weighted by Gasteiger charge is 2.25. The first kappa shape index (κ1) is 21.2. The van der Waals surface area contributed by atoms with Gasteiger partial charge in [-0.05, 0) is 65.4 Å². The summed E-state index contributed by atoms with van der Waals surface area (Å²) in [6.45, 7) is 0. The van der Waals surface area contributed by atoms with Crippen molar-refractivity contribution in [2.45, 2.75) is 25.7 Å². The number of hydrogen-bond donors (Lipinski definition) is 2. The topological polar surface area (TPSA) is 105 Å². The van der Waals surface area contributed by atoms with E-state index in [0.29, 0.717) is 21.8 Å². The van der Waals surface area contributed by atoms with Crippen molar-refractivity contribution >= 4 is 55.8 Å². The molecule has 7 nitrogen and oxygen atoms in total. The number of aromatic hydroxyl groups is 1. The molecule has 0 saturated heterocycles. The molecule has 1 aliphatic carbocycles. The number of fused-ring (bicyclic) bond motifs is 1. The number of benzene rings is 2. The van der Waals surface area contributed by atoms with Gasteiger partial charge in [-0.25, -0.2) is 4.99 Å². The number of nitrogens with zero attached hydrogens (tertiary/aromatic N) is 2. The summed E-state index contributed by atoms with van der Waals surface area (Å²) in [6.07, 6.45) is 5.32. The molecule has 2 aromatic carbocycles. The van der Waals surface area contributed by atoms with Crippen LogP contribution in [0.4, 0.5) is 16.4 Å². The van der Waals surface area contributed by atoms with Crippen LogP contribution in [-0.4, -0.2) is 22.2 Å². The summed E-state index contributed by atoms with van der Waals surface area (Å²) in [5.41, 5.74) is 2.33. The van der Waals surface area contributed by atoms with E-state index in [1.54, 1.807) is 6.07 Å². The first-order valence-electron chi connectivity index (χ1n) is 9.66. The van der Waals surface area contributed by atoms with Crippen LogP contribution in [-0.2, 0) is 12.8 Å². The molecule has 0 fully saturated rings. The highest BCUT2D eigenvalue weighted by molar-refractivity contribution is 9.10. The number of phenols is 1. The van der Waals surface area contributed by atoms with E-state index in [0.717, 1.165) is 36.1 Å². The number of amides is 1. The molecule has 0 aliphatic heterocycles. The van der Waals surface area contributed by atoms with E-state index in [2.05, 4.69) is 26.2 Å². The number of nitrogens with one attached hydrogen (secondary N) is 1. The average Bonchev–Trinajstić information content (AvgIpc) is 3.13. The SMILES string of the molecule is O=C(Nc1ccccc1)c1c(N=Cc2cc(Br)c(O)c([N+](=O)[O-])c2)sc2c1CCCC2. The predicted octanol–water partition coefficient (Wildman–Crippen LogP) is 6.01. The fraction of sp³-hybridized carbons (Fsp3) is 0.182. The van der Waals surface area contributed by atoms with Gasteiger partial charge >= 0.3 is 5.69 Å². The van der Waals surface area contributed by atoms with Gasteiger partial charge < -0.3 is 10.4 Å². The van der Waals surface area contributed by atoms with Gasteiger partial charge in [0.15, 0.2) is 0 Å². The van der Waals surface area contributed by atoms with Gasteiger partial charge in [0.05, 0.1) is 15.0 Å². The fourth-order valence-electron chi connectivity index (χ4n) is 3.54. The lowest BCUT2D eigenvalue weighted by Gasteiger charge is -2.12. The molecule has 1 heterocycles. The number of halogens is 1. The summed E-state index contributed by atoms with van der Waals surface area (Å²) in [7, 11) is 0. The van der Waals surface area contributed by atoms with Crippen LogP contribution in [0.2, 0.25) is 0 Å². The second-order valence-corrected chi connectivity index (χ2v) is 9.03. The van der Waals surface area contributed by atoms with E-state index in [-0.39, 0.29) is 10.4 Å². The zero-order valence-corrected chi connectivity index (χ0v) is 18.7. The van der Waals surface area contributed by atoms with Gasteiger partial charge in [0, 0.05) is 28.4 Å². The van der Waals surface area contributed by atoms with Gasteiger partial charge in [0.1, 0.15) is 5.00 Å². The molecule has 3 aromatic rings. The number of anilines is 1. The first-order valence-corrected chi connectivity index (χ1v) is 11.3. The number of para-hydroxylation sites is 1. The molecular weight excluding hydrogens is 482 g/mol. The van der Waals surface area contributed by atoms with Gasteiger partial charge in [-0.15, -0.1) is 11.3 Å². The van der Waals surface area contributed by atoms with Crippen LogP contribution in [0.5, 0.6) is 5.75 Å². The summed E-state index contributed by atoms with van der Waals surface area (Å²) in [5.74, 6) is -0.646. The van der Waals surface area contributed by atoms with E-state index in [1.807, 2.05) is 30.3 Å². The third-order valence-corrected chi connectivity index (χ3v) is 6.81. The van der Waals surface area contributed by atoms with Crippen LogP contribution < -0.4 is 5.32 Å². The first-order chi connectivity index (χ1) is 14.9. The molecule has 0 spiro atoms. The van der Waals surface area contributed by atoms with E-state index in [4.69, 9.17) is 0 Å². The van der Waals surface area contributed by atoms with Crippen LogP contribution in [0.15, 0.2) is 51.9 Å². The Morgan fingerprint density at radius 1 is 1.23 bits per heavy atom. The van der Waals surface area contributed by atoms with Gasteiger partial charge in [0.2, 0.25) is 5.75 Å². The minimum absolute atomic E-state index is 0.204. The van der Waals surface area contributed by atoms with E-state index >= 15 is 0 Å². The zero-order valence-electron chi connectivity index (χ0n) is 16.3. The Morgan fingerprint density at radius 3 is 2.71 bits per heavy atom. The molecule has 31 heavy (non-hydrogen) atoms. The number of carbonyl (C=O) groups excluding carboxylic acids is 1. The molecular formula is C22H18BrN3O4S. The van der Waals surface area contributed by atoms with Crippen molar-refractivity contribution in [2.24, 2.45) is 4.99 Å². The lowest BCUT2D eigenvalue weighted by Crippen LogP contribution is -2.14. The van der Waals surface area contributed by atoms with Crippen molar-refractivity contribution in [1.29, 1.82) is 0 Å². The number of carbonyl (C=O) groups is 1. The van der Waals surface area contributed by atoms with Crippen molar-refractivity contribution in [3.63, 3.8) is 0 Å². The summed E-state index contributed by atoms with van der Waals surface area (Å²) in [5, 5.41) is 24.6. The Morgan fingerprint density at radius 2 is 1.97 bits per heavy atom. The minimum Gasteiger partial charge on any atom is -0.501 e. The van der Waals surface area contributed by atoms with Crippen molar-refractivity contribution in [3.8, 4) is 5.75 Å². The highest BCUT2D eigenvalue weighted by atomic mass is 79.9. The molecule has 1 amide bonds. The van der Waals surface area contributed by atoms with E-state index in [9.17, 15) is 20.0 Å². The van der Waals surface area contributed by atoms with Gasteiger partial charge in [-0.2, -0.15) is 0 Å². The monoisotopic (exact) mass is 499 g/mol. The summed E-state index contributed by atoms with van der Waals surface area (Å²) < 4.78 is 0.204. The maximum absolute atomic E-state index is 13.1. The van der Waals surface area contributed by atoms with Crippen LogP contribution in [0.25, 0.3) is 0 Å². The van der Waals surface area contributed by atoms with Crippen LogP contribution in [0.3, 0.4) is 0 Å². The molecule has 0 saturated carbocycles. The second-order valence-electron chi connectivity index (χ2n) is 7.10. The maximum Gasteiger partial charge on any atom is 0.312 e. The Kier molecular flexibility index (Phi) is 6.15. The lowest BCUT2D eigenvalue weighted by atomic mass is 9.95. The standard InChI is InChI=1S/C22H18BrN3O4S/c23-16-10-13(11-17(20(16)27)26(29)30)12-24-22-19(15-8-4-5-9-18(15)31-22)21(28)25-14-6-2-1-3-7-14/h1-3,6-7,10-12,27H,4-5,8-9H2,(H,25,28). The van der Waals surface area contributed by atoms with Crippen LogP contribution >= 0.6 is 27.3 Å². The number of aryl methyl sites for hydroxylation is 1. The number of phenolic OH excluding ortho intramolecular Hbond substituents is 1. The maximum atomic E-state index is 13.1. The molecule has 0 bridgehead atoms. The molecule has 4 rings (SSSR count). The molecule has 0 unspecified atom stereocenters. The van der Waals surface area contributed by atoms with Crippen molar-refractivity contribution in [1.82, 2.24) is 0 Å². The fourth-order valence-corrected chi connectivity index (χ4v) is 5.24. The minimum atomic E-state index is -0.653. The molecule has 2 N–H and O–H groups in total. The van der Waals surface area contributed by atoms with E-state index < -0.39 is 16.4 Å². The molecule has 1 aromatic heterocycles. The number of nitro benzene ring substituents is 1. The molecule has 0 atom stereocenters. The van der Waals surface area contributed by atoms with Crippen molar-refractivity contribution in [3.05, 3.63) is 78.6 Å². The second kappa shape index (κ2) is 8.99. The third kappa shape index (κ3) is 4.52. The smallest absolute Gasteiger partial charge is 0.312 e. The number of rotatable bonds is 5. The summed E-state index contributed by atoms with van der Waals surface area (Å²) in [4.78, 5) is 29.3. The van der Waals surface area contributed by atoms with Crippen LogP contribution in [0.1, 0.15) is 39.2 Å². The number of nitro groups is 1. The van der Waals surface area contributed by atoms with Gasteiger partial charge in [-0.1, -0.05) is 18.2 Å². The number of hydrogen-bond acceptors (Lipinski definition) is 6. The molecule has 0 radical (unpaired) electrons. The number of aliphatic imine (C=N–C) groups is 1. The average molecular weight is 500 g/mol.